The number of carbonyl (C=O) groups excluding carboxylic acids is 1. The van der Waals surface area contributed by atoms with Gasteiger partial charge in [-0.25, -0.2) is 0 Å². The summed E-state index contributed by atoms with van der Waals surface area (Å²) in [7, 11) is 1.70. The average molecular weight is 274 g/mol. The van der Waals surface area contributed by atoms with Gasteiger partial charge in [0.1, 0.15) is 5.75 Å². The Morgan fingerprint density at radius 2 is 1.85 bits per heavy atom. The van der Waals surface area contributed by atoms with Crippen molar-refractivity contribution >= 4 is 11.6 Å². The molecule has 4 heteroatoms. The van der Waals surface area contributed by atoms with Crippen LogP contribution in [0.15, 0.2) is 24.3 Å². The monoisotopic (exact) mass is 274 g/mol. The molecule has 1 aliphatic heterocycles. The third-order valence-electron chi connectivity index (χ3n) is 4.44. The van der Waals surface area contributed by atoms with E-state index in [0.29, 0.717) is 17.7 Å². The highest BCUT2D eigenvalue weighted by molar-refractivity contribution is 5.82. The van der Waals surface area contributed by atoms with Gasteiger partial charge in [-0.05, 0) is 24.5 Å². The maximum atomic E-state index is 12.2. The molecule has 4 nitrogen and oxygen atoms in total. The van der Waals surface area contributed by atoms with Crippen LogP contribution in [-0.4, -0.2) is 44.1 Å². The number of amides is 1. The molecule has 1 amide bonds. The molecule has 2 atom stereocenters. The fourth-order valence-electron chi connectivity index (χ4n) is 2.96. The van der Waals surface area contributed by atoms with E-state index in [0.717, 1.165) is 44.0 Å². The minimum absolute atomic E-state index is 0.299. The Hall–Kier alpha value is -1.71. The maximum absolute atomic E-state index is 12.2. The fraction of sp³-hybridized carbons (Fsp3) is 0.562. The van der Waals surface area contributed by atoms with Crippen LogP contribution in [0.25, 0.3) is 0 Å². The number of hydrogen-bond acceptors (Lipinski definition) is 3. The molecule has 0 spiro atoms. The Morgan fingerprint density at radius 3 is 2.45 bits per heavy atom. The van der Waals surface area contributed by atoms with Gasteiger partial charge in [-0.15, -0.1) is 0 Å². The van der Waals surface area contributed by atoms with Crippen LogP contribution < -0.4 is 9.64 Å². The lowest BCUT2D eigenvalue weighted by Crippen LogP contribution is -2.49. The molecule has 2 aliphatic rings. The van der Waals surface area contributed by atoms with Crippen LogP contribution in [-0.2, 0) is 4.79 Å². The Labute approximate surface area is 120 Å². The standard InChI is InChI=1S/C16H22N2O2/c1-12-11-13(12)16(19)18-9-7-17(8-10-18)14-5-3-4-6-15(14)20-2/h3-6,12-13H,7-11H2,1-2H3. The van der Waals surface area contributed by atoms with Gasteiger partial charge in [0, 0.05) is 32.1 Å². The third-order valence-corrected chi connectivity index (χ3v) is 4.44. The smallest absolute Gasteiger partial charge is 0.226 e. The predicted molar refractivity (Wildman–Crippen MR) is 79.1 cm³/mol. The number of carbonyl (C=O) groups is 1. The topological polar surface area (TPSA) is 32.8 Å². The van der Waals surface area contributed by atoms with Crippen molar-refractivity contribution in [1.29, 1.82) is 0 Å². The number of piperazine rings is 1. The Bertz CT molecular complexity index is 495. The largest absolute Gasteiger partial charge is 0.495 e. The molecule has 1 saturated carbocycles. The number of hydrogen-bond donors (Lipinski definition) is 0. The first-order valence-electron chi connectivity index (χ1n) is 7.37. The van der Waals surface area contributed by atoms with Gasteiger partial charge in [-0.3, -0.25) is 4.79 Å². The van der Waals surface area contributed by atoms with Gasteiger partial charge in [0.05, 0.1) is 12.8 Å². The number of para-hydroxylation sites is 2. The molecule has 2 fully saturated rings. The molecular formula is C16H22N2O2. The lowest BCUT2D eigenvalue weighted by molar-refractivity contribution is -0.133. The lowest BCUT2D eigenvalue weighted by atomic mass is 10.2. The summed E-state index contributed by atoms with van der Waals surface area (Å²) in [4.78, 5) is 16.6. The van der Waals surface area contributed by atoms with Gasteiger partial charge >= 0.3 is 0 Å². The van der Waals surface area contributed by atoms with Crippen molar-refractivity contribution in [1.82, 2.24) is 4.90 Å². The van der Waals surface area contributed by atoms with E-state index in [1.807, 2.05) is 23.1 Å². The maximum Gasteiger partial charge on any atom is 0.226 e. The molecule has 2 unspecified atom stereocenters. The van der Waals surface area contributed by atoms with Gasteiger partial charge in [0.15, 0.2) is 0 Å². The Morgan fingerprint density at radius 1 is 1.20 bits per heavy atom. The molecule has 3 rings (SSSR count). The molecule has 1 heterocycles. The molecule has 1 aliphatic carbocycles. The summed E-state index contributed by atoms with van der Waals surface area (Å²) in [6.45, 7) is 5.56. The summed E-state index contributed by atoms with van der Waals surface area (Å²) in [5.41, 5.74) is 1.13. The lowest BCUT2D eigenvalue weighted by Gasteiger charge is -2.36. The van der Waals surface area contributed by atoms with Crippen molar-refractivity contribution in [2.24, 2.45) is 11.8 Å². The van der Waals surface area contributed by atoms with Crippen LogP contribution in [0.3, 0.4) is 0 Å². The highest BCUT2D eigenvalue weighted by atomic mass is 16.5. The summed E-state index contributed by atoms with van der Waals surface area (Å²) < 4.78 is 5.41. The number of benzene rings is 1. The van der Waals surface area contributed by atoms with Crippen molar-refractivity contribution in [3.63, 3.8) is 0 Å². The van der Waals surface area contributed by atoms with Crippen LogP contribution in [0.5, 0.6) is 5.75 Å². The summed E-state index contributed by atoms with van der Waals surface area (Å²) >= 11 is 0. The minimum atomic E-state index is 0.299. The van der Waals surface area contributed by atoms with Crippen molar-refractivity contribution in [3.05, 3.63) is 24.3 Å². The molecular weight excluding hydrogens is 252 g/mol. The summed E-state index contributed by atoms with van der Waals surface area (Å²) in [5.74, 6) is 2.16. The van der Waals surface area contributed by atoms with E-state index < -0.39 is 0 Å². The van der Waals surface area contributed by atoms with Crippen LogP contribution in [0.2, 0.25) is 0 Å². The number of nitrogens with zero attached hydrogens (tertiary/aromatic N) is 2. The van der Waals surface area contributed by atoms with Gasteiger partial charge in [-0.2, -0.15) is 0 Å². The zero-order chi connectivity index (χ0) is 14.1. The van der Waals surface area contributed by atoms with Crippen molar-refractivity contribution < 1.29 is 9.53 Å². The van der Waals surface area contributed by atoms with Crippen LogP contribution in [0.1, 0.15) is 13.3 Å². The van der Waals surface area contributed by atoms with E-state index in [4.69, 9.17) is 4.74 Å². The first-order valence-corrected chi connectivity index (χ1v) is 7.37. The second-order valence-corrected chi connectivity index (χ2v) is 5.80. The second-order valence-electron chi connectivity index (χ2n) is 5.80. The fourth-order valence-corrected chi connectivity index (χ4v) is 2.96. The molecule has 0 bridgehead atoms. The number of anilines is 1. The molecule has 0 N–H and O–H groups in total. The molecule has 1 aromatic carbocycles. The van der Waals surface area contributed by atoms with E-state index in [-0.39, 0.29) is 0 Å². The van der Waals surface area contributed by atoms with E-state index >= 15 is 0 Å². The van der Waals surface area contributed by atoms with Crippen molar-refractivity contribution in [2.75, 3.05) is 38.2 Å². The van der Waals surface area contributed by atoms with E-state index in [1.165, 1.54) is 0 Å². The van der Waals surface area contributed by atoms with Gasteiger partial charge in [-0.1, -0.05) is 19.1 Å². The molecule has 0 aromatic heterocycles. The first-order chi connectivity index (χ1) is 9.70. The highest BCUT2D eigenvalue weighted by Crippen LogP contribution is 2.39. The number of ether oxygens (including phenoxy) is 1. The van der Waals surface area contributed by atoms with E-state index in [9.17, 15) is 4.79 Å². The summed E-state index contributed by atoms with van der Waals surface area (Å²) in [5, 5.41) is 0. The minimum Gasteiger partial charge on any atom is -0.495 e. The Kier molecular flexibility index (Phi) is 3.55. The highest BCUT2D eigenvalue weighted by Gasteiger charge is 2.42. The summed E-state index contributed by atoms with van der Waals surface area (Å²) in [6.07, 6.45) is 1.07. The average Bonchev–Trinajstić information content (AvgIpc) is 3.23. The van der Waals surface area contributed by atoms with Gasteiger partial charge in [0.2, 0.25) is 5.91 Å². The first kappa shape index (κ1) is 13.3. The molecule has 20 heavy (non-hydrogen) atoms. The van der Waals surface area contributed by atoms with Crippen LogP contribution >= 0.6 is 0 Å². The SMILES string of the molecule is COc1ccccc1N1CCN(C(=O)C2CC2C)CC1. The van der Waals surface area contributed by atoms with E-state index in [1.54, 1.807) is 7.11 Å². The zero-order valence-electron chi connectivity index (χ0n) is 12.2. The zero-order valence-corrected chi connectivity index (χ0v) is 12.2. The van der Waals surface area contributed by atoms with Crippen LogP contribution in [0, 0.1) is 11.8 Å². The van der Waals surface area contributed by atoms with Gasteiger partial charge < -0.3 is 14.5 Å². The van der Waals surface area contributed by atoms with Crippen molar-refractivity contribution in [2.45, 2.75) is 13.3 Å². The molecule has 0 radical (unpaired) electrons. The molecule has 108 valence electrons. The quantitative estimate of drug-likeness (QED) is 0.845. The Balaban J connectivity index is 1.62. The predicted octanol–water partition coefficient (Wildman–Crippen LogP) is 2.00. The normalized spacial score (nSPS) is 25.5. The second kappa shape index (κ2) is 5.35. The number of methoxy groups -OCH3 is 1. The molecule has 1 aromatic rings. The summed E-state index contributed by atoms with van der Waals surface area (Å²) in [6, 6.07) is 8.08. The van der Waals surface area contributed by atoms with Gasteiger partial charge in [0.25, 0.3) is 0 Å². The molecule has 1 saturated heterocycles. The van der Waals surface area contributed by atoms with E-state index in [2.05, 4.69) is 17.9 Å². The third kappa shape index (κ3) is 2.47. The van der Waals surface area contributed by atoms with Crippen LogP contribution in [0.4, 0.5) is 5.69 Å². The number of rotatable bonds is 3. The van der Waals surface area contributed by atoms with Crippen molar-refractivity contribution in [3.8, 4) is 5.75 Å².